The second kappa shape index (κ2) is 5.45. The average Bonchev–Trinajstić information content (AvgIpc) is 3.17. The number of thiophene rings is 1. The molecule has 0 saturated carbocycles. The summed E-state index contributed by atoms with van der Waals surface area (Å²) < 4.78 is 6.66. The minimum Gasteiger partial charge on any atom is -0.444 e. The van der Waals surface area contributed by atoms with Crippen LogP contribution in [0.15, 0.2) is 33.7 Å². The predicted molar refractivity (Wildman–Crippen MR) is 79.5 cm³/mol. The highest BCUT2D eigenvalue weighted by molar-refractivity contribution is 7.08. The Bertz CT molecular complexity index is 834. The van der Waals surface area contributed by atoms with Crippen LogP contribution in [0.3, 0.4) is 0 Å². The van der Waals surface area contributed by atoms with Crippen molar-refractivity contribution in [1.82, 2.24) is 14.8 Å². The number of carbonyl (C=O) groups excluding carboxylic acids is 2. The van der Waals surface area contributed by atoms with Crippen LogP contribution >= 0.6 is 11.3 Å². The minimum absolute atomic E-state index is 0.0163. The Morgan fingerprint density at radius 3 is 2.95 bits per heavy atom. The summed E-state index contributed by atoms with van der Waals surface area (Å²) in [6.07, 6.45) is 2.74. The first kappa shape index (κ1) is 14.0. The van der Waals surface area contributed by atoms with Crippen molar-refractivity contribution >= 4 is 28.8 Å². The number of nitrogens with zero attached hydrogens (tertiary/aromatic N) is 3. The lowest BCUT2D eigenvalue weighted by Crippen LogP contribution is -2.18. The molecule has 3 aromatic rings. The third-order valence-corrected chi connectivity index (χ3v) is 3.50. The maximum atomic E-state index is 12.2. The van der Waals surface area contributed by atoms with Gasteiger partial charge in [-0.1, -0.05) is 0 Å². The van der Waals surface area contributed by atoms with Crippen molar-refractivity contribution in [2.24, 2.45) is 12.8 Å². The molecule has 0 aromatic carbocycles. The average molecular weight is 317 g/mol. The highest BCUT2D eigenvalue weighted by Gasteiger charge is 2.19. The third kappa shape index (κ3) is 2.61. The first-order valence-electron chi connectivity index (χ1n) is 6.17. The molecule has 0 spiro atoms. The molecule has 8 nitrogen and oxygen atoms in total. The molecule has 0 atom stereocenters. The molecule has 2 amide bonds. The number of nitrogens with two attached hydrogens (primary N) is 1. The van der Waals surface area contributed by atoms with Gasteiger partial charge in [0.05, 0.1) is 5.69 Å². The van der Waals surface area contributed by atoms with Gasteiger partial charge in [-0.25, -0.2) is 4.98 Å². The van der Waals surface area contributed by atoms with E-state index in [4.69, 9.17) is 10.2 Å². The highest BCUT2D eigenvalue weighted by atomic mass is 32.1. The number of rotatable bonds is 4. The van der Waals surface area contributed by atoms with Gasteiger partial charge in [0.2, 0.25) is 5.89 Å². The number of hydrogen-bond donors (Lipinski definition) is 2. The summed E-state index contributed by atoms with van der Waals surface area (Å²) in [5, 5.41) is 10.2. The van der Waals surface area contributed by atoms with Gasteiger partial charge in [0, 0.05) is 24.2 Å². The molecule has 0 aliphatic heterocycles. The Hall–Kier alpha value is -2.94. The third-order valence-electron chi connectivity index (χ3n) is 2.82. The van der Waals surface area contributed by atoms with E-state index in [1.54, 1.807) is 7.05 Å². The highest BCUT2D eigenvalue weighted by Crippen LogP contribution is 2.22. The molecule has 3 aromatic heterocycles. The molecule has 0 fully saturated rings. The Morgan fingerprint density at radius 1 is 1.45 bits per heavy atom. The van der Waals surface area contributed by atoms with Crippen molar-refractivity contribution in [2.45, 2.75) is 0 Å². The summed E-state index contributed by atoms with van der Waals surface area (Å²) in [5.41, 5.74) is 6.31. The number of aryl methyl sites for hydroxylation is 1. The van der Waals surface area contributed by atoms with Crippen LogP contribution in [0.4, 0.5) is 5.69 Å². The van der Waals surface area contributed by atoms with Crippen LogP contribution in [0.2, 0.25) is 0 Å². The van der Waals surface area contributed by atoms with Crippen LogP contribution < -0.4 is 11.1 Å². The quantitative estimate of drug-likeness (QED) is 0.756. The number of primary amides is 1. The zero-order valence-corrected chi connectivity index (χ0v) is 12.3. The molecule has 9 heteroatoms. The largest absolute Gasteiger partial charge is 0.444 e. The maximum Gasteiger partial charge on any atom is 0.277 e. The van der Waals surface area contributed by atoms with Crippen molar-refractivity contribution in [3.63, 3.8) is 0 Å². The lowest BCUT2D eigenvalue weighted by atomic mass is 10.3. The van der Waals surface area contributed by atoms with Crippen LogP contribution in [0, 0.1) is 0 Å². The van der Waals surface area contributed by atoms with E-state index in [9.17, 15) is 9.59 Å². The lowest BCUT2D eigenvalue weighted by molar-refractivity contribution is 0.0995. The standard InChI is InChI=1S/C13H11N5O3S/c1-18-4-8(10(17-18)11(14)19)15-12(20)9-5-21-13(16-9)7-2-3-22-6-7/h2-6H,1H3,(H2,14,19)(H,15,20). The van der Waals surface area contributed by atoms with Crippen LogP contribution in [0.5, 0.6) is 0 Å². The topological polar surface area (TPSA) is 116 Å². The molecule has 112 valence electrons. The van der Waals surface area contributed by atoms with Gasteiger partial charge in [-0.05, 0) is 11.4 Å². The SMILES string of the molecule is Cn1cc(NC(=O)c2coc(-c3ccsc3)n2)c(C(N)=O)n1. The number of anilines is 1. The smallest absolute Gasteiger partial charge is 0.277 e. The second-order valence-electron chi connectivity index (χ2n) is 4.43. The summed E-state index contributed by atoms with van der Waals surface area (Å²) in [6.45, 7) is 0. The molecule has 0 bridgehead atoms. The Balaban J connectivity index is 1.82. The summed E-state index contributed by atoms with van der Waals surface area (Å²) in [5.74, 6) is -0.886. The lowest BCUT2D eigenvalue weighted by Gasteiger charge is -2.00. The van der Waals surface area contributed by atoms with Crippen molar-refractivity contribution in [2.75, 3.05) is 5.32 Å². The van der Waals surface area contributed by atoms with E-state index in [0.29, 0.717) is 5.89 Å². The second-order valence-corrected chi connectivity index (χ2v) is 5.21. The summed E-state index contributed by atoms with van der Waals surface area (Å²) in [4.78, 5) is 27.6. The van der Waals surface area contributed by atoms with E-state index in [0.717, 1.165) is 5.56 Å². The number of nitrogens with one attached hydrogen (secondary N) is 1. The van der Waals surface area contributed by atoms with E-state index < -0.39 is 11.8 Å². The molecule has 0 saturated heterocycles. The number of aromatic nitrogens is 3. The predicted octanol–water partition coefficient (Wildman–Crippen LogP) is 1.49. The number of oxazole rings is 1. The molecule has 3 N–H and O–H groups in total. The number of hydrogen-bond acceptors (Lipinski definition) is 6. The van der Waals surface area contributed by atoms with Crippen LogP contribution in [-0.2, 0) is 7.05 Å². The van der Waals surface area contributed by atoms with Gasteiger partial charge in [0.1, 0.15) is 6.26 Å². The Labute approximate surface area is 128 Å². The van der Waals surface area contributed by atoms with Crippen molar-refractivity contribution in [3.8, 4) is 11.5 Å². The van der Waals surface area contributed by atoms with Gasteiger partial charge in [-0.2, -0.15) is 16.4 Å². The molecule has 22 heavy (non-hydrogen) atoms. The zero-order valence-electron chi connectivity index (χ0n) is 11.4. The van der Waals surface area contributed by atoms with E-state index in [2.05, 4.69) is 15.4 Å². The van der Waals surface area contributed by atoms with Gasteiger partial charge in [-0.15, -0.1) is 0 Å². The minimum atomic E-state index is -0.727. The van der Waals surface area contributed by atoms with E-state index in [1.807, 2.05) is 16.8 Å². The van der Waals surface area contributed by atoms with Gasteiger partial charge in [-0.3, -0.25) is 14.3 Å². The van der Waals surface area contributed by atoms with Crippen LogP contribution in [-0.4, -0.2) is 26.6 Å². The molecule has 0 radical (unpaired) electrons. The number of amides is 2. The fourth-order valence-electron chi connectivity index (χ4n) is 1.85. The molecule has 0 aliphatic carbocycles. The van der Waals surface area contributed by atoms with Gasteiger partial charge in [0.25, 0.3) is 11.8 Å². The summed E-state index contributed by atoms with van der Waals surface area (Å²) >= 11 is 1.50. The van der Waals surface area contributed by atoms with Crippen LogP contribution in [0.1, 0.15) is 21.0 Å². The fourth-order valence-corrected chi connectivity index (χ4v) is 2.47. The first-order chi connectivity index (χ1) is 10.5. The van der Waals surface area contributed by atoms with Crippen molar-refractivity contribution < 1.29 is 14.0 Å². The molecule has 3 rings (SSSR count). The van der Waals surface area contributed by atoms with Crippen LogP contribution in [0.25, 0.3) is 11.5 Å². The molecule has 0 unspecified atom stereocenters. The van der Waals surface area contributed by atoms with Crippen molar-refractivity contribution in [3.05, 3.63) is 40.7 Å². The fraction of sp³-hybridized carbons (Fsp3) is 0.0769. The first-order valence-corrected chi connectivity index (χ1v) is 7.12. The molecule has 0 aliphatic rings. The van der Waals surface area contributed by atoms with E-state index >= 15 is 0 Å². The van der Waals surface area contributed by atoms with Crippen molar-refractivity contribution in [1.29, 1.82) is 0 Å². The normalized spacial score (nSPS) is 10.6. The zero-order chi connectivity index (χ0) is 15.7. The summed E-state index contributed by atoms with van der Waals surface area (Å²) in [6, 6.07) is 1.84. The summed E-state index contributed by atoms with van der Waals surface area (Å²) in [7, 11) is 1.62. The maximum absolute atomic E-state index is 12.2. The van der Waals surface area contributed by atoms with Gasteiger partial charge < -0.3 is 15.5 Å². The Morgan fingerprint density at radius 2 is 2.27 bits per heavy atom. The van der Waals surface area contributed by atoms with E-state index in [1.165, 1.54) is 28.5 Å². The monoisotopic (exact) mass is 317 g/mol. The van der Waals surface area contributed by atoms with Gasteiger partial charge in [0.15, 0.2) is 11.4 Å². The molecular formula is C13H11N5O3S. The molecular weight excluding hydrogens is 306 g/mol. The van der Waals surface area contributed by atoms with Gasteiger partial charge >= 0.3 is 0 Å². The number of carbonyl (C=O) groups is 2. The Kier molecular flexibility index (Phi) is 3.47. The van der Waals surface area contributed by atoms with E-state index in [-0.39, 0.29) is 17.1 Å². The molecule has 3 heterocycles.